The van der Waals surface area contributed by atoms with Crippen LogP contribution in [0.4, 0.5) is 8.78 Å². The molecule has 1 aromatic rings. The van der Waals surface area contributed by atoms with Gasteiger partial charge < -0.3 is 0 Å². The Labute approximate surface area is 107 Å². The number of aromatic nitrogens is 1. The molecule has 0 atom stereocenters. The number of hydrogen-bond acceptors (Lipinski definition) is 3. The quantitative estimate of drug-likeness (QED) is 0.444. The van der Waals surface area contributed by atoms with Gasteiger partial charge in [-0.1, -0.05) is 11.6 Å². The van der Waals surface area contributed by atoms with Gasteiger partial charge in [0.05, 0.1) is 0 Å². The van der Waals surface area contributed by atoms with Crippen LogP contribution in [0.3, 0.4) is 0 Å². The van der Waals surface area contributed by atoms with Gasteiger partial charge in [0.25, 0.3) is 15.5 Å². The van der Waals surface area contributed by atoms with Crippen LogP contribution in [0.1, 0.15) is 12.1 Å². The SMILES string of the molecule is O=S(=O)(Cl)c1c(I)cc(Cl)nc1C(F)F. The molecule has 0 aliphatic carbocycles. The maximum atomic E-state index is 12.5. The lowest BCUT2D eigenvalue weighted by Gasteiger charge is -2.07. The van der Waals surface area contributed by atoms with Gasteiger partial charge in [0.2, 0.25) is 0 Å². The van der Waals surface area contributed by atoms with Crippen LogP contribution in [0.5, 0.6) is 0 Å². The Kier molecular flexibility index (Phi) is 4.13. The molecule has 0 amide bonds. The third-order valence-corrected chi connectivity index (χ3v) is 4.16. The van der Waals surface area contributed by atoms with Gasteiger partial charge in [-0.15, -0.1) is 0 Å². The second-order valence-corrected chi connectivity index (χ2v) is 6.43. The van der Waals surface area contributed by atoms with E-state index in [2.05, 4.69) is 4.98 Å². The molecule has 0 bridgehead atoms. The maximum absolute atomic E-state index is 12.5. The standard InChI is InChI=1S/C6H2Cl2F2INO2S/c7-3-1-2(11)5(15(8,13)14)4(12-3)6(9)10/h1,6H. The van der Waals surface area contributed by atoms with E-state index in [1.165, 1.54) is 0 Å². The fraction of sp³-hybridized carbons (Fsp3) is 0.167. The molecule has 9 heteroatoms. The van der Waals surface area contributed by atoms with Crippen LogP contribution in [0.2, 0.25) is 5.15 Å². The molecular weight excluding hydrogens is 386 g/mol. The highest BCUT2D eigenvalue weighted by Gasteiger charge is 2.27. The number of pyridine rings is 1. The van der Waals surface area contributed by atoms with Crippen molar-refractivity contribution < 1.29 is 17.2 Å². The Hall–Kier alpha value is 0.270. The molecule has 3 nitrogen and oxygen atoms in total. The van der Waals surface area contributed by atoms with E-state index in [1.807, 2.05) is 0 Å². The molecule has 0 aliphatic heterocycles. The molecular formula is C6H2Cl2F2INO2S. The number of nitrogens with zero attached hydrogens (tertiary/aromatic N) is 1. The van der Waals surface area contributed by atoms with E-state index in [0.29, 0.717) is 0 Å². The molecule has 0 saturated heterocycles. The molecule has 0 radical (unpaired) electrons. The van der Waals surface area contributed by atoms with Crippen molar-refractivity contribution in [3.05, 3.63) is 20.5 Å². The zero-order valence-electron chi connectivity index (χ0n) is 6.72. The lowest BCUT2D eigenvalue weighted by molar-refractivity contribution is 0.142. The average molecular weight is 388 g/mol. The molecule has 0 unspecified atom stereocenters. The molecule has 0 aliphatic rings. The van der Waals surface area contributed by atoms with E-state index in [0.717, 1.165) is 6.07 Å². The first kappa shape index (κ1) is 13.3. The fourth-order valence-electron chi connectivity index (χ4n) is 0.880. The summed E-state index contributed by atoms with van der Waals surface area (Å²) in [6, 6.07) is 1.14. The van der Waals surface area contributed by atoms with Gasteiger partial charge in [-0.05, 0) is 28.7 Å². The third-order valence-electron chi connectivity index (χ3n) is 1.37. The van der Waals surface area contributed by atoms with E-state index in [4.69, 9.17) is 22.3 Å². The minimum atomic E-state index is -4.26. The van der Waals surface area contributed by atoms with Crippen LogP contribution in [0, 0.1) is 3.57 Å². The summed E-state index contributed by atoms with van der Waals surface area (Å²) in [5, 5.41) is -0.209. The average Bonchev–Trinajstić information content (AvgIpc) is 1.99. The number of rotatable bonds is 2. The van der Waals surface area contributed by atoms with Gasteiger partial charge in [-0.2, -0.15) is 0 Å². The van der Waals surface area contributed by atoms with Crippen LogP contribution < -0.4 is 0 Å². The number of halogens is 5. The molecule has 1 heterocycles. The van der Waals surface area contributed by atoms with Crippen molar-refractivity contribution in [1.82, 2.24) is 4.98 Å². The van der Waals surface area contributed by atoms with Crippen LogP contribution in [-0.2, 0) is 9.05 Å². The topological polar surface area (TPSA) is 47.0 Å². The van der Waals surface area contributed by atoms with Gasteiger partial charge in [0, 0.05) is 14.3 Å². The van der Waals surface area contributed by atoms with Crippen molar-refractivity contribution >= 4 is 53.9 Å². The lowest BCUT2D eigenvalue weighted by Crippen LogP contribution is -2.05. The molecule has 0 fully saturated rings. The Bertz CT molecular complexity index is 494. The number of alkyl halides is 2. The normalized spacial score (nSPS) is 12.1. The zero-order chi connectivity index (χ0) is 11.8. The van der Waals surface area contributed by atoms with Crippen molar-refractivity contribution in [3.8, 4) is 0 Å². The molecule has 0 saturated carbocycles. The highest BCUT2D eigenvalue weighted by molar-refractivity contribution is 14.1. The minimum absolute atomic E-state index is 0.0119. The van der Waals surface area contributed by atoms with Crippen molar-refractivity contribution in [1.29, 1.82) is 0 Å². The third kappa shape index (κ3) is 3.11. The van der Waals surface area contributed by atoms with Crippen LogP contribution in [0.25, 0.3) is 0 Å². The summed E-state index contributed by atoms with van der Waals surface area (Å²) in [6.07, 6.45) is -3.05. The van der Waals surface area contributed by atoms with Crippen molar-refractivity contribution in [2.24, 2.45) is 0 Å². The van der Waals surface area contributed by atoms with Gasteiger partial charge >= 0.3 is 0 Å². The summed E-state index contributed by atoms with van der Waals surface area (Å²) >= 11 is 6.98. The molecule has 0 N–H and O–H groups in total. The Morgan fingerprint density at radius 1 is 1.47 bits per heavy atom. The molecule has 0 spiro atoms. The largest absolute Gasteiger partial charge is 0.281 e. The van der Waals surface area contributed by atoms with Crippen LogP contribution >= 0.6 is 44.9 Å². The lowest BCUT2D eigenvalue weighted by atomic mass is 10.3. The van der Waals surface area contributed by atoms with Crippen LogP contribution in [-0.4, -0.2) is 13.4 Å². The molecule has 1 aromatic heterocycles. The summed E-state index contributed by atoms with van der Waals surface area (Å²) in [4.78, 5) is 2.56. The first-order chi connectivity index (χ1) is 6.73. The molecule has 84 valence electrons. The van der Waals surface area contributed by atoms with Crippen molar-refractivity contribution in [3.63, 3.8) is 0 Å². The van der Waals surface area contributed by atoms with Gasteiger partial charge in [-0.25, -0.2) is 22.2 Å². The Balaban J connectivity index is 3.62. The van der Waals surface area contributed by atoms with E-state index < -0.39 is 26.1 Å². The Morgan fingerprint density at radius 2 is 2.00 bits per heavy atom. The summed E-state index contributed by atoms with van der Waals surface area (Å²) < 4.78 is 47.0. The van der Waals surface area contributed by atoms with E-state index in [-0.39, 0.29) is 8.72 Å². The smallest absolute Gasteiger partial charge is 0.234 e. The van der Waals surface area contributed by atoms with Gasteiger partial charge in [0.15, 0.2) is 0 Å². The highest BCUT2D eigenvalue weighted by atomic mass is 127. The molecule has 1 rings (SSSR count). The predicted octanol–water partition coefficient (Wildman–Crippen LogP) is 3.20. The summed E-state index contributed by atoms with van der Waals surface area (Å²) in [6.45, 7) is 0. The first-order valence-electron chi connectivity index (χ1n) is 3.32. The molecule has 15 heavy (non-hydrogen) atoms. The van der Waals surface area contributed by atoms with E-state index in [9.17, 15) is 17.2 Å². The maximum Gasteiger partial charge on any atom is 0.281 e. The second kappa shape index (κ2) is 4.64. The zero-order valence-corrected chi connectivity index (χ0v) is 11.2. The summed E-state index contributed by atoms with van der Waals surface area (Å²) in [5.74, 6) is 0. The van der Waals surface area contributed by atoms with E-state index >= 15 is 0 Å². The van der Waals surface area contributed by atoms with Crippen molar-refractivity contribution in [2.75, 3.05) is 0 Å². The van der Waals surface area contributed by atoms with Crippen molar-refractivity contribution in [2.45, 2.75) is 11.3 Å². The number of hydrogen-bond donors (Lipinski definition) is 0. The second-order valence-electron chi connectivity index (χ2n) is 2.38. The summed E-state index contributed by atoms with van der Waals surface area (Å²) in [7, 11) is 0.754. The van der Waals surface area contributed by atoms with E-state index in [1.54, 1.807) is 22.6 Å². The fourth-order valence-corrected chi connectivity index (χ4v) is 4.26. The van der Waals surface area contributed by atoms with Crippen LogP contribution in [0.15, 0.2) is 11.0 Å². The Morgan fingerprint density at radius 3 is 2.40 bits per heavy atom. The first-order valence-corrected chi connectivity index (χ1v) is 7.09. The van der Waals surface area contributed by atoms with Gasteiger partial charge in [0.1, 0.15) is 15.7 Å². The highest BCUT2D eigenvalue weighted by Crippen LogP contribution is 2.32. The monoisotopic (exact) mass is 387 g/mol. The minimum Gasteiger partial charge on any atom is -0.234 e. The van der Waals surface area contributed by atoms with Gasteiger partial charge in [-0.3, -0.25) is 0 Å². The molecule has 0 aromatic carbocycles. The predicted molar refractivity (Wildman–Crippen MR) is 60.0 cm³/mol. The summed E-state index contributed by atoms with van der Waals surface area (Å²) in [5.41, 5.74) is -0.929.